The predicted molar refractivity (Wildman–Crippen MR) is 65.4 cm³/mol. The Hall–Kier alpha value is -0.810. The first kappa shape index (κ1) is 12.6. The van der Waals surface area contributed by atoms with E-state index in [9.17, 15) is 0 Å². The van der Waals surface area contributed by atoms with Gasteiger partial charge in [0.2, 0.25) is 5.89 Å². The maximum atomic E-state index is 5.89. The number of hydrogen-bond acceptors (Lipinski definition) is 5. The fourth-order valence-electron chi connectivity index (χ4n) is 1.96. The van der Waals surface area contributed by atoms with Gasteiger partial charge in [0.25, 0.3) is 0 Å². The topological polar surface area (TPSA) is 51.4 Å². The zero-order valence-electron chi connectivity index (χ0n) is 10.2. The lowest BCUT2D eigenvalue weighted by molar-refractivity contribution is 0.0453. The molecule has 1 aliphatic rings. The van der Waals surface area contributed by atoms with Crippen LogP contribution in [0.4, 0.5) is 6.01 Å². The van der Waals surface area contributed by atoms with Crippen LogP contribution in [0.2, 0.25) is 0 Å². The first-order valence-electron chi connectivity index (χ1n) is 6.04. The molecule has 2 rings (SSSR count). The molecule has 1 aromatic rings. The molecule has 2 heterocycles. The SMILES string of the molecule is CCOC1CCN(c2nnc(C(C)Cl)o2)CC1. The average molecular weight is 260 g/mol. The van der Waals surface area contributed by atoms with Gasteiger partial charge in [0.05, 0.1) is 6.10 Å². The monoisotopic (exact) mass is 259 g/mol. The molecule has 1 fully saturated rings. The molecule has 0 aromatic carbocycles. The summed E-state index contributed by atoms with van der Waals surface area (Å²) in [4.78, 5) is 2.09. The Labute approximate surface area is 106 Å². The fourth-order valence-corrected chi connectivity index (χ4v) is 2.05. The van der Waals surface area contributed by atoms with Crippen LogP contribution in [0.25, 0.3) is 0 Å². The van der Waals surface area contributed by atoms with Crippen molar-refractivity contribution in [3.8, 4) is 0 Å². The Kier molecular flexibility index (Phi) is 4.23. The second-order valence-electron chi connectivity index (χ2n) is 4.18. The molecule has 0 saturated carbocycles. The number of alkyl halides is 1. The molecule has 1 aromatic heterocycles. The molecule has 0 radical (unpaired) electrons. The standard InChI is InChI=1S/C11H18ClN3O2/c1-3-16-9-4-6-15(7-5-9)11-14-13-10(17-11)8(2)12/h8-9H,3-7H2,1-2H3. The molecule has 1 unspecified atom stereocenters. The Morgan fingerprint density at radius 2 is 2.18 bits per heavy atom. The van der Waals surface area contributed by atoms with Crippen molar-refractivity contribution in [2.45, 2.75) is 38.2 Å². The molecule has 0 amide bonds. The Morgan fingerprint density at radius 1 is 1.47 bits per heavy atom. The first-order valence-corrected chi connectivity index (χ1v) is 6.48. The van der Waals surface area contributed by atoms with Gasteiger partial charge >= 0.3 is 6.01 Å². The minimum atomic E-state index is -0.239. The Morgan fingerprint density at radius 3 is 2.71 bits per heavy atom. The van der Waals surface area contributed by atoms with E-state index in [2.05, 4.69) is 15.1 Å². The second-order valence-corrected chi connectivity index (χ2v) is 4.84. The number of aromatic nitrogens is 2. The molecule has 17 heavy (non-hydrogen) atoms. The van der Waals surface area contributed by atoms with Gasteiger partial charge in [-0.3, -0.25) is 0 Å². The normalized spacial score (nSPS) is 19.6. The van der Waals surface area contributed by atoms with Crippen LogP contribution in [0.15, 0.2) is 4.42 Å². The summed E-state index contributed by atoms with van der Waals surface area (Å²) in [5, 5.41) is 7.70. The third kappa shape index (κ3) is 3.10. The number of nitrogens with zero attached hydrogens (tertiary/aromatic N) is 3. The van der Waals surface area contributed by atoms with Gasteiger partial charge in [-0.2, -0.15) is 0 Å². The summed E-state index contributed by atoms with van der Waals surface area (Å²) in [6, 6.07) is 0.572. The van der Waals surface area contributed by atoms with E-state index in [0.717, 1.165) is 32.5 Å². The maximum absolute atomic E-state index is 5.89. The van der Waals surface area contributed by atoms with Gasteiger partial charge in [-0.05, 0) is 26.7 Å². The number of halogens is 1. The Balaban J connectivity index is 1.91. The van der Waals surface area contributed by atoms with E-state index in [1.165, 1.54) is 0 Å². The minimum absolute atomic E-state index is 0.239. The van der Waals surface area contributed by atoms with Crippen LogP contribution < -0.4 is 4.90 Å². The number of hydrogen-bond donors (Lipinski definition) is 0. The van der Waals surface area contributed by atoms with Gasteiger partial charge in [0, 0.05) is 19.7 Å². The van der Waals surface area contributed by atoms with Crippen molar-refractivity contribution in [2.75, 3.05) is 24.6 Å². The second kappa shape index (κ2) is 5.69. The molecule has 1 saturated heterocycles. The van der Waals surface area contributed by atoms with Gasteiger partial charge in [0.1, 0.15) is 5.38 Å². The summed E-state index contributed by atoms with van der Waals surface area (Å²) < 4.78 is 11.1. The summed E-state index contributed by atoms with van der Waals surface area (Å²) in [5.41, 5.74) is 0. The highest BCUT2D eigenvalue weighted by atomic mass is 35.5. The molecule has 5 nitrogen and oxygen atoms in total. The van der Waals surface area contributed by atoms with E-state index in [1.54, 1.807) is 0 Å². The number of rotatable bonds is 4. The molecule has 96 valence electrons. The molecule has 0 bridgehead atoms. The number of ether oxygens (including phenoxy) is 1. The Bertz CT molecular complexity index is 348. The van der Waals surface area contributed by atoms with Crippen molar-refractivity contribution >= 4 is 17.6 Å². The van der Waals surface area contributed by atoms with Crippen molar-refractivity contribution in [3.05, 3.63) is 5.89 Å². The largest absolute Gasteiger partial charge is 0.406 e. The first-order chi connectivity index (χ1) is 8.20. The highest BCUT2D eigenvalue weighted by molar-refractivity contribution is 6.20. The molecule has 0 N–H and O–H groups in total. The van der Waals surface area contributed by atoms with Crippen LogP contribution in [0.1, 0.15) is 38.0 Å². The minimum Gasteiger partial charge on any atom is -0.406 e. The quantitative estimate of drug-likeness (QED) is 0.777. The van der Waals surface area contributed by atoms with Gasteiger partial charge in [-0.25, -0.2) is 0 Å². The van der Waals surface area contributed by atoms with Crippen molar-refractivity contribution < 1.29 is 9.15 Å². The van der Waals surface area contributed by atoms with E-state index in [4.69, 9.17) is 20.8 Å². The molecule has 1 atom stereocenters. The molecule has 0 spiro atoms. The van der Waals surface area contributed by atoms with E-state index in [-0.39, 0.29) is 5.38 Å². The van der Waals surface area contributed by atoms with Crippen LogP contribution in [-0.2, 0) is 4.74 Å². The summed E-state index contributed by atoms with van der Waals surface area (Å²) in [6.45, 7) is 6.41. The van der Waals surface area contributed by atoms with Gasteiger partial charge < -0.3 is 14.1 Å². The number of piperidine rings is 1. The van der Waals surface area contributed by atoms with Crippen molar-refractivity contribution in [3.63, 3.8) is 0 Å². The van der Waals surface area contributed by atoms with Crippen LogP contribution in [0, 0.1) is 0 Å². The van der Waals surface area contributed by atoms with Crippen molar-refractivity contribution in [1.82, 2.24) is 10.2 Å². The summed E-state index contributed by atoms with van der Waals surface area (Å²) in [7, 11) is 0. The lowest BCUT2D eigenvalue weighted by Gasteiger charge is -2.30. The maximum Gasteiger partial charge on any atom is 0.318 e. The fraction of sp³-hybridized carbons (Fsp3) is 0.818. The van der Waals surface area contributed by atoms with E-state index in [1.807, 2.05) is 13.8 Å². The van der Waals surface area contributed by atoms with E-state index >= 15 is 0 Å². The molecule has 1 aliphatic heterocycles. The van der Waals surface area contributed by atoms with Gasteiger partial charge in [-0.1, -0.05) is 5.10 Å². The highest BCUT2D eigenvalue weighted by Crippen LogP contribution is 2.24. The third-order valence-corrected chi connectivity index (χ3v) is 3.07. The van der Waals surface area contributed by atoms with Gasteiger partial charge in [0.15, 0.2) is 0 Å². The van der Waals surface area contributed by atoms with Crippen LogP contribution in [-0.4, -0.2) is 36.0 Å². The zero-order chi connectivity index (χ0) is 12.3. The summed E-state index contributed by atoms with van der Waals surface area (Å²) in [6.07, 6.45) is 2.37. The lowest BCUT2D eigenvalue weighted by atomic mass is 10.1. The smallest absolute Gasteiger partial charge is 0.318 e. The van der Waals surface area contributed by atoms with Crippen LogP contribution in [0.5, 0.6) is 0 Å². The molecular weight excluding hydrogens is 242 g/mol. The summed E-state index contributed by atoms with van der Waals surface area (Å²) >= 11 is 5.89. The molecule has 0 aliphatic carbocycles. The predicted octanol–water partition coefficient (Wildman–Crippen LogP) is 2.37. The number of anilines is 1. The average Bonchev–Trinajstić information content (AvgIpc) is 2.80. The third-order valence-electron chi connectivity index (χ3n) is 2.89. The van der Waals surface area contributed by atoms with Crippen molar-refractivity contribution in [2.24, 2.45) is 0 Å². The lowest BCUT2D eigenvalue weighted by Crippen LogP contribution is -2.37. The highest BCUT2D eigenvalue weighted by Gasteiger charge is 2.23. The molecular formula is C11H18ClN3O2. The van der Waals surface area contributed by atoms with E-state index in [0.29, 0.717) is 18.0 Å². The van der Waals surface area contributed by atoms with Crippen LogP contribution >= 0.6 is 11.6 Å². The summed E-state index contributed by atoms with van der Waals surface area (Å²) in [5.74, 6) is 0.480. The van der Waals surface area contributed by atoms with E-state index < -0.39 is 0 Å². The van der Waals surface area contributed by atoms with Crippen molar-refractivity contribution in [1.29, 1.82) is 0 Å². The molecule has 6 heteroatoms. The zero-order valence-corrected chi connectivity index (χ0v) is 11.0. The van der Waals surface area contributed by atoms with Crippen LogP contribution in [0.3, 0.4) is 0 Å². The van der Waals surface area contributed by atoms with Gasteiger partial charge in [-0.15, -0.1) is 16.7 Å².